The van der Waals surface area contributed by atoms with Gasteiger partial charge in [0.05, 0.1) is 25.7 Å². The number of hydrogen-bond acceptors (Lipinski definition) is 4. The van der Waals surface area contributed by atoms with E-state index < -0.39 is 5.54 Å². The Morgan fingerprint density at radius 3 is 2.65 bits per heavy atom. The van der Waals surface area contributed by atoms with E-state index in [1.54, 1.807) is 18.2 Å². The minimum absolute atomic E-state index is 0.00767. The first-order valence-corrected chi connectivity index (χ1v) is 8.14. The number of halogens is 1. The average molecular weight is 320 g/mol. The van der Waals surface area contributed by atoms with Crippen LogP contribution in [0.25, 0.3) is 0 Å². The van der Waals surface area contributed by atoms with Gasteiger partial charge in [-0.25, -0.2) is 4.39 Å². The van der Waals surface area contributed by atoms with Crippen molar-refractivity contribution in [1.29, 1.82) is 0 Å². The molecule has 3 heterocycles. The summed E-state index contributed by atoms with van der Waals surface area (Å²) in [7, 11) is 0. The van der Waals surface area contributed by atoms with Crippen LogP contribution in [0.1, 0.15) is 12.0 Å². The minimum atomic E-state index is -0.709. The standard InChI is InChI=1S/C17H21FN2O3/c18-15-4-2-1-3-14(15)17(10-23-11-17)19-16(21)12-7-20(8-12)13-5-6-22-9-13/h1-4,12-13H,5-11H2,(H,19,21). The Morgan fingerprint density at radius 2 is 2.04 bits per heavy atom. The van der Waals surface area contributed by atoms with Crippen molar-refractivity contribution >= 4 is 5.91 Å². The van der Waals surface area contributed by atoms with Gasteiger partial charge in [0.1, 0.15) is 11.4 Å². The molecule has 1 amide bonds. The number of rotatable bonds is 4. The molecule has 1 aromatic carbocycles. The van der Waals surface area contributed by atoms with E-state index in [1.165, 1.54) is 6.07 Å². The molecular formula is C17H21FN2O3. The molecule has 23 heavy (non-hydrogen) atoms. The molecule has 0 spiro atoms. The van der Waals surface area contributed by atoms with Crippen LogP contribution < -0.4 is 5.32 Å². The maximum atomic E-state index is 14.1. The van der Waals surface area contributed by atoms with E-state index in [2.05, 4.69) is 10.2 Å². The molecule has 0 aromatic heterocycles. The van der Waals surface area contributed by atoms with Crippen molar-refractivity contribution in [3.8, 4) is 0 Å². The van der Waals surface area contributed by atoms with Gasteiger partial charge in [0.15, 0.2) is 0 Å². The zero-order valence-electron chi connectivity index (χ0n) is 13.0. The summed E-state index contributed by atoms with van der Waals surface area (Å²) < 4.78 is 24.8. The Labute approximate surface area is 134 Å². The van der Waals surface area contributed by atoms with Crippen molar-refractivity contribution in [2.24, 2.45) is 5.92 Å². The Hall–Kier alpha value is -1.50. The number of nitrogens with one attached hydrogen (secondary N) is 1. The first-order chi connectivity index (χ1) is 11.2. The number of amides is 1. The highest BCUT2D eigenvalue weighted by molar-refractivity contribution is 5.81. The number of hydrogen-bond donors (Lipinski definition) is 1. The SMILES string of the molecule is O=C(NC1(c2ccccc2F)COC1)C1CN(C2CCOC2)C1. The lowest BCUT2D eigenvalue weighted by molar-refractivity contribution is -0.143. The molecule has 4 rings (SSSR count). The number of nitrogens with zero attached hydrogens (tertiary/aromatic N) is 1. The van der Waals surface area contributed by atoms with Crippen LogP contribution in [0.2, 0.25) is 0 Å². The van der Waals surface area contributed by atoms with Crippen LogP contribution in [0.4, 0.5) is 4.39 Å². The summed E-state index contributed by atoms with van der Waals surface area (Å²) in [6.07, 6.45) is 1.04. The van der Waals surface area contributed by atoms with Gasteiger partial charge in [-0.3, -0.25) is 9.69 Å². The van der Waals surface area contributed by atoms with Gasteiger partial charge in [0.2, 0.25) is 5.91 Å². The zero-order valence-corrected chi connectivity index (χ0v) is 13.0. The van der Waals surface area contributed by atoms with Crippen LogP contribution in [0.3, 0.4) is 0 Å². The minimum Gasteiger partial charge on any atom is -0.380 e. The molecule has 3 aliphatic heterocycles. The lowest BCUT2D eigenvalue weighted by Gasteiger charge is -2.46. The van der Waals surface area contributed by atoms with E-state index in [4.69, 9.17) is 9.47 Å². The number of benzene rings is 1. The van der Waals surface area contributed by atoms with Crippen LogP contribution >= 0.6 is 0 Å². The Morgan fingerprint density at radius 1 is 1.26 bits per heavy atom. The van der Waals surface area contributed by atoms with Gasteiger partial charge in [-0.15, -0.1) is 0 Å². The smallest absolute Gasteiger partial charge is 0.226 e. The van der Waals surface area contributed by atoms with Gasteiger partial charge in [-0.2, -0.15) is 0 Å². The highest BCUT2D eigenvalue weighted by atomic mass is 19.1. The molecule has 1 aromatic rings. The number of likely N-dealkylation sites (tertiary alicyclic amines) is 1. The monoisotopic (exact) mass is 320 g/mol. The van der Waals surface area contributed by atoms with Crippen LogP contribution in [0.15, 0.2) is 24.3 Å². The number of ether oxygens (including phenoxy) is 2. The third-order valence-electron chi connectivity index (χ3n) is 5.15. The van der Waals surface area contributed by atoms with Gasteiger partial charge in [-0.1, -0.05) is 18.2 Å². The summed E-state index contributed by atoms with van der Waals surface area (Å²) in [4.78, 5) is 14.8. The summed E-state index contributed by atoms with van der Waals surface area (Å²) in [5, 5.41) is 3.04. The number of carbonyl (C=O) groups excluding carboxylic acids is 1. The molecule has 0 radical (unpaired) electrons. The summed E-state index contributed by atoms with van der Waals surface area (Å²) >= 11 is 0. The third-order valence-corrected chi connectivity index (χ3v) is 5.15. The fourth-order valence-electron chi connectivity index (χ4n) is 3.58. The predicted octanol–water partition coefficient (Wildman–Crippen LogP) is 0.888. The van der Waals surface area contributed by atoms with Gasteiger partial charge < -0.3 is 14.8 Å². The number of carbonyl (C=O) groups is 1. The van der Waals surface area contributed by atoms with Gasteiger partial charge >= 0.3 is 0 Å². The molecule has 5 nitrogen and oxygen atoms in total. The Kier molecular flexibility index (Phi) is 3.83. The fraction of sp³-hybridized carbons (Fsp3) is 0.588. The molecule has 3 saturated heterocycles. The van der Waals surface area contributed by atoms with Crippen molar-refractivity contribution in [2.45, 2.75) is 18.0 Å². The van der Waals surface area contributed by atoms with E-state index in [0.29, 0.717) is 24.8 Å². The topological polar surface area (TPSA) is 50.8 Å². The molecule has 1 N–H and O–H groups in total. The predicted molar refractivity (Wildman–Crippen MR) is 81.3 cm³/mol. The van der Waals surface area contributed by atoms with Crippen LogP contribution in [0.5, 0.6) is 0 Å². The lowest BCUT2D eigenvalue weighted by atomic mass is 9.86. The molecule has 124 valence electrons. The van der Waals surface area contributed by atoms with Crippen LogP contribution in [-0.2, 0) is 19.8 Å². The molecule has 1 unspecified atom stereocenters. The molecule has 6 heteroatoms. The summed E-state index contributed by atoms with van der Waals surface area (Å²) in [6, 6.07) is 7.04. The first-order valence-electron chi connectivity index (χ1n) is 8.14. The second kappa shape index (κ2) is 5.85. The fourth-order valence-corrected chi connectivity index (χ4v) is 3.58. The van der Waals surface area contributed by atoms with Crippen LogP contribution in [0, 0.1) is 11.7 Å². The third kappa shape index (κ3) is 2.65. The highest BCUT2D eigenvalue weighted by Gasteiger charge is 2.46. The molecule has 0 aliphatic carbocycles. The maximum absolute atomic E-state index is 14.1. The normalized spacial score (nSPS) is 27.3. The second-order valence-electron chi connectivity index (χ2n) is 6.71. The average Bonchev–Trinajstić information content (AvgIpc) is 2.96. The van der Waals surface area contributed by atoms with Crippen molar-refractivity contribution < 1.29 is 18.7 Å². The Balaban J connectivity index is 1.39. The van der Waals surface area contributed by atoms with E-state index >= 15 is 0 Å². The first kappa shape index (κ1) is 15.1. The van der Waals surface area contributed by atoms with E-state index in [0.717, 1.165) is 32.7 Å². The molecule has 3 fully saturated rings. The molecule has 0 bridgehead atoms. The molecule has 0 saturated carbocycles. The second-order valence-corrected chi connectivity index (χ2v) is 6.71. The lowest BCUT2D eigenvalue weighted by Crippen LogP contribution is -2.64. The molecule has 1 atom stereocenters. The summed E-state index contributed by atoms with van der Waals surface area (Å²) in [5.41, 5.74) is -0.195. The van der Waals surface area contributed by atoms with Gasteiger partial charge in [-0.05, 0) is 12.5 Å². The van der Waals surface area contributed by atoms with Crippen molar-refractivity contribution in [3.63, 3.8) is 0 Å². The van der Waals surface area contributed by atoms with E-state index in [-0.39, 0.29) is 17.6 Å². The van der Waals surface area contributed by atoms with Crippen molar-refractivity contribution in [2.75, 3.05) is 39.5 Å². The molecular weight excluding hydrogens is 299 g/mol. The summed E-state index contributed by atoms with van der Waals surface area (Å²) in [5.74, 6) is -0.332. The quantitative estimate of drug-likeness (QED) is 0.895. The maximum Gasteiger partial charge on any atom is 0.226 e. The Bertz CT molecular complexity index is 593. The largest absolute Gasteiger partial charge is 0.380 e. The van der Waals surface area contributed by atoms with Gasteiger partial charge in [0, 0.05) is 31.3 Å². The van der Waals surface area contributed by atoms with E-state index in [9.17, 15) is 9.18 Å². The van der Waals surface area contributed by atoms with E-state index in [1.807, 2.05) is 0 Å². The van der Waals surface area contributed by atoms with Crippen molar-refractivity contribution in [1.82, 2.24) is 10.2 Å². The zero-order chi connectivity index (χ0) is 15.9. The summed E-state index contributed by atoms with van der Waals surface area (Å²) in [6.45, 7) is 3.74. The van der Waals surface area contributed by atoms with Crippen LogP contribution in [-0.4, -0.2) is 56.4 Å². The molecule has 3 aliphatic rings. The van der Waals surface area contributed by atoms with Gasteiger partial charge in [0.25, 0.3) is 0 Å². The highest BCUT2D eigenvalue weighted by Crippen LogP contribution is 2.33. The van der Waals surface area contributed by atoms with Crippen molar-refractivity contribution in [3.05, 3.63) is 35.6 Å².